The largest absolute Gasteiger partial charge is 0.361 e. The number of sulfonamides is 1. The van der Waals surface area contributed by atoms with Crippen molar-refractivity contribution in [2.75, 3.05) is 43.4 Å². The zero-order valence-corrected chi connectivity index (χ0v) is 18.0. The number of H-pyrrole nitrogens is 1. The lowest BCUT2D eigenvalue weighted by Crippen LogP contribution is -2.49. The molecule has 9 nitrogen and oxygen atoms in total. The van der Waals surface area contributed by atoms with Crippen molar-refractivity contribution in [1.29, 1.82) is 0 Å². The normalized spacial score (nSPS) is 15.3. The molecule has 1 aliphatic heterocycles. The van der Waals surface area contributed by atoms with Crippen LogP contribution in [0.2, 0.25) is 0 Å². The molecular weight excluding hydrogens is 416 g/mol. The minimum atomic E-state index is -3.36. The summed E-state index contributed by atoms with van der Waals surface area (Å²) in [7, 11) is -3.36. The Balaban J connectivity index is 1.20. The maximum absolute atomic E-state index is 12.6. The van der Waals surface area contributed by atoms with E-state index < -0.39 is 10.0 Å². The Morgan fingerprint density at radius 2 is 1.81 bits per heavy atom. The molecule has 3 aromatic rings. The average molecular weight is 443 g/mol. The van der Waals surface area contributed by atoms with Crippen LogP contribution in [0, 0.1) is 0 Å². The fourth-order valence-electron chi connectivity index (χ4n) is 3.75. The van der Waals surface area contributed by atoms with Crippen molar-refractivity contribution in [3.63, 3.8) is 0 Å². The number of carbonyl (C=O) groups is 1. The summed E-state index contributed by atoms with van der Waals surface area (Å²) in [5.74, 6) is 0.526. The van der Waals surface area contributed by atoms with E-state index in [0.29, 0.717) is 45.1 Å². The summed E-state index contributed by atoms with van der Waals surface area (Å²) in [6, 6.07) is 9.58. The quantitative estimate of drug-likeness (QED) is 0.507. The van der Waals surface area contributed by atoms with Gasteiger partial charge in [-0.3, -0.25) is 4.79 Å². The number of fused-ring (bicyclic) bond motifs is 1. The Hall–Kier alpha value is -2.98. The minimum Gasteiger partial charge on any atom is -0.361 e. The van der Waals surface area contributed by atoms with Crippen LogP contribution in [-0.2, 0) is 21.2 Å². The standard InChI is InChI=1S/C21H26N6O3S/c28-20(15-17-16-25-19-6-2-1-5-18(17)19)22-9-4-14-31(29,30)27-12-10-26(11-13-27)21-23-7-3-8-24-21/h1-3,5-8,16,25H,4,9-15H2,(H,22,28). The summed E-state index contributed by atoms with van der Waals surface area (Å²) in [4.78, 5) is 25.8. The highest BCUT2D eigenvalue weighted by atomic mass is 32.2. The van der Waals surface area contributed by atoms with E-state index in [4.69, 9.17) is 0 Å². The van der Waals surface area contributed by atoms with Crippen molar-refractivity contribution in [3.8, 4) is 0 Å². The molecular formula is C21H26N6O3S. The van der Waals surface area contributed by atoms with Crippen molar-refractivity contribution >= 4 is 32.8 Å². The van der Waals surface area contributed by atoms with Crippen molar-refractivity contribution < 1.29 is 13.2 Å². The number of carbonyl (C=O) groups excluding carboxylic acids is 1. The second-order valence-corrected chi connectivity index (χ2v) is 9.58. The molecule has 2 aromatic heterocycles. The third-order valence-electron chi connectivity index (χ3n) is 5.39. The summed E-state index contributed by atoms with van der Waals surface area (Å²) in [5, 5.41) is 3.86. The zero-order chi connectivity index (χ0) is 21.7. The van der Waals surface area contributed by atoms with E-state index in [9.17, 15) is 13.2 Å². The van der Waals surface area contributed by atoms with Crippen LogP contribution in [0.4, 0.5) is 5.95 Å². The fourth-order valence-corrected chi connectivity index (χ4v) is 5.23. The van der Waals surface area contributed by atoms with Gasteiger partial charge < -0.3 is 15.2 Å². The molecule has 31 heavy (non-hydrogen) atoms. The Kier molecular flexibility index (Phi) is 6.47. The predicted molar refractivity (Wildman–Crippen MR) is 119 cm³/mol. The van der Waals surface area contributed by atoms with Crippen molar-refractivity contribution in [2.24, 2.45) is 0 Å². The summed E-state index contributed by atoms with van der Waals surface area (Å²) in [6.45, 7) is 2.27. The Bertz CT molecular complexity index is 1120. The van der Waals surface area contributed by atoms with Gasteiger partial charge in [-0.1, -0.05) is 18.2 Å². The summed E-state index contributed by atoms with van der Waals surface area (Å²) < 4.78 is 26.8. The van der Waals surface area contributed by atoms with Gasteiger partial charge in [0.05, 0.1) is 12.2 Å². The van der Waals surface area contributed by atoms with Gasteiger partial charge in [0.1, 0.15) is 0 Å². The average Bonchev–Trinajstić information content (AvgIpc) is 3.20. The molecule has 1 saturated heterocycles. The highest BCUT2D eigenvalue weighted by Crippen LogP contribution is 2.18. The number of amides is 1. The highest BCUT2D eigenvalue weighted by molar-refractivity contribution is 7.89. The molecule has 0 spiro atoms. The van der Waals surface area contributed by atoms with Gasteiger partial charge in [-0.15, -0.1) is 0 Å². The molecule has 164 valence electrons. The fraction of sp³-hybridized carbons (Fsp3) is 0.381. The first-order chi connectivity index (χ1) is 15.0. The van der Waals surface area contributed by atoms with Crippen molar-refractivity contribution in [1.82, 2.24) is 24.6 Å². The van der Waals surface area contributed by atoms with Gasteiger partial charge in [-0.25, -0.2) is 18.4 Å². The van der Waals surface area contributed by atoms with E-state index in [-0.39, 0.29) is 18.1 Å². The molecule has 0 bridgehead atoms. The molecule has 0 atom stereocenters. The molecule has 0 radical (unpaired) electrons. The lowest BCUT2D eigenvalue weighted by atomic mass is 10.1. The monoisotopic (exact) mass is 442 g/mol. The van der Waals surface area contributed by atoms with Crippen molar-refractivity contribution in [3.05, 3.63) is 54.5 Å². The zero-order valence-electron chi connectivity index (χ0n) is 17.2. The topological polar surface area (TPSA) is 111 Å². The van der Waals surface area contributed by atoms with Gasteiger partial charge in [-0.05, 0) is 24.1 Å². The Morgan fingerprint density at radius 1 is 1.06 bits per heavy atom. The number of hydrogen-bond acceptors (Lipinski definition) is 6. The SMILES string of the molecule is O=C(Cc1c[nH]c2ccccc12)NCCCS(=O)(=O)N1CCN(c2ncccn2)CC1. The molecule has 10 heteroatoms. The number of aromatic nitrogens is 3. The highest BCUT2D eigenvalue weighted by Gasteiger charge is 2.27. The van der Waals surface area contributed by atoms with Crippen LogP contribution in [-0.4, -0.2) is 72.1 Å². The molecule has 1 aliphatic rings. The number of aromatic amines is 1. The molecule has 1 fully saturated rings. The third kappa shape index (κ3) is 5.20. The van der Waals surface area contributed by atoms with E-state index in [2.05, 4.69) is 20.3 Å². The van der Waals surface area contributed by atoms with E-state index in [1.165, 1.54) is 4.31 Å². The summed E-state index contributed by atoms with van der Waals surface area (Å²) in [5.41, 5.74) is 1.93. The van der Waals surface area contributed by atoms with E-state index in [1.54, 1.807) is 18.5 Å². The molecule has 0 aliphatic carbocycles. The van der Waals surface area contributed by atoms with Crippen LogP contribution in [0.1, 0.15) is 12.0 Å². The molecule has 1 amide bonds. The molecule has 0 unspecified atom stereocenters. The molecule has 1 aromatic carbocycles. The van der Waals surface area contributed by atoms with Gasteiger partial charge >= 0.3 is 0 Å². The number of nitrogens with one attached hydrogen (secondary N) is 2. The van der Waals surface area contributed by atoms with Gasteiger partial charge in [0, 0.05) is 62.2 Å². The molecule has 2 N–H and O–H groups in total. The van der Waals surface area contributed by atoms with Crippen LogP contribution >= 0.6 is 0 Å². The molecule has 4 rings (SSSR count). The van der Waals surface area contributed by atoms with Crippen LogP contribution < -0.4 is 10.2 Å². The van der Waals surface area contributed by atoms with Crippen LogP contribution in [0.25, 0.3) is 10.9 Å². The Labute approximate surface area is 181 Å². The number of benzene rings is 1. The second kappa shape index (κ2) is 9.44. The first-order valence-corrected chi connectivity index (χ1v) is 12.0. The third-order valence-corrected chi connectivity index (χ3v) is 7.35. The minimum absolute atomic E-state index is 0.0161. The molecule has 0 saturated carbocycles. The maximum atomic E-state index is 12.6. The first kappa shape index (κ1) is 21.3. The van der Waals surface area contributed by atoms with E-state index in [0.717, 1.165) is 16.5 Å². The number of rotatable bonds is 8. The van der Waals surface area contributed by atoms with E-state index >= 15 is 0 Å². The van der Waals surface area contributed by atoms with Gasteiger partial charge in [0.25, 0.3) is 0 Å². The number of para-hydroxylation sites is 1. The maximum Gasteiger partial charge on any atom is 0.225 e. The van der Waals surface area contributed by atoms with Gasteiger partial charge in [0.15, 0.2) is 0 Å². The number of hydrogen-bond donors (Lipinski definition) is 2. The van der Waals surface area contributed by atoms with Crippen LogP contribution in [0.3, 0.4) is 0 Å². The second-order valence-electron chi connectivity index (χ2n) is 7.49. The summed E-state index contributed by atoms with van der Waals surface area (Å²) in [6.07, 6.45) is 5.84. The van der Waals surface area contributed by atoms with Crippen LogP contribution in [0.5, 0.6) is 0 Å². The summed E-state index contributed by atoms with van der Waals surface area (Å²) >= 11 is 0. The van der Waals surface area contributed by atoms with Crippen LogP contribution in [0.15, 0.2) is 48.9 Å². The first-order valence-electron chi connectivity index (χ1n) is 10.3. The smallest absolute Gasteiger partial charge is 0.225 e. The van der Waals surface area contributed by atoms with Crippen molar-refractivity contribution in [2.45, 2.75) is 12.8 Å². The number of nitrogens with zero attached hydrogens (tertiary/aromatic N) is 4. The van der Waals surface area contributed by atoms with E-state index in [1.807, 2.05) is 35.4 Å². The lowest BCUT2D eigenvalue weighted by molar-refractivity contribution is -0.120. The number of piperazine rings is 1. The van der Waals surface area contributed by atoms with Gasteiger partial charge in [-0.2, -0.15) is 4.31 Å². The number of anilines is 1. The predicted octanol–water partition coefficient (Wildman–Crippen LogP) is 1.16. The van der Waals surface area contributed by atoms with Gasteiger partial charge in [0.2, 0.25) is 21.9 Å². The lowest BCUT2D eigenvalue weighted by Gasteiger charge is -2.33. The molecule has 3 heterocycles. The Morgan fingerprint density at radius 3 is 2.58 bits per heavy atom.